The van der Waals surface area contributed by atoms with Gasteiger partial charge in [0.2, 0.25) is 0 Å². The zero-order valence-electron chi connectivity index (χ0n) is 17.2. The van der Waals surface area contributed by atoms with Crippen LogP contribution in [0.3, 0.4) is 0 Å². The Labute approximate surface area is 158 Å². The summed E-state index contributed by atoms with van der Waals surface area (Å²) in [7, 11) is 0. The van der Waals surface area contributed by atoms with Gasteiger partial charge in [-0.1, -0.05) is 53.7 Å². The van der Waals surface area contributed by atoms with Gasteiger partial charge in [0.05, 0.1) is 0 Å². The minimum absolute atomic E-state index is 0.0545. The molecule has 0 bridgehead atoms. The SMILES string of the molecule is CC(C)(C)c1cc(CCC(=O)OC2CCNCC2)cc(C(C)(C)C)c1O. The predicted molar refractivity (Wildman–Crippen MR) is 106 cm³/mol. The van der Waals surface area contributed by atoms with Crippen LogP contribution < -0.4 is 5.32 Å². The highest BCUT2D eigenvalue weighted by Crippen LogP contribution is 2.40. The lowest BCUT2D eigenvalue weighted by Crippen LogP contribution is -2.33. The Bertz CT molecular complexity index is 597. The number of aromatic hydroxyl groups is 1. The summed E-state index contributed by atoms with van der Waals surface area (Å²) in [6.45, 7) is 14.4. The molecule has 26 heavy (non-hydrogen) atoms. The number of phenolic OH excluding ortho intramolecular Hbond substituents is 1. The van der Waals surface area contributed by atoms with Gasteiger partial charge in [0.25, 0.3) is 0 Å². The Morgan fingerprint density at radius 2 is 1.58 bits per heavy atom. The number of hydrogen-bond acceptors (Lipinski definition) is 4. The van der Waals surface area contributed by atoms with E-state index in [4.69, 9.17) is 4.74 Å². The third-order valence-electron chi connectivity index (χ3n) is 4.99. The number of carbonyl (C=O) groups is 1. The van der Waals surface area contributed by atoms with Crippen molar-refractivity contribution in [2.75, 3.05) is 13.1 Å². The van der Waals surface area contributed by atoms with Gasteiger partial charge in [-0.15, -0.1) is 0 Å². The van der Waals surface area contributed by atoms with Crippen molar-refractivity contribution in [2.24, 2.45) is 0 Å². The molecule has 1 aromatic rings. The van der Waals surface area contributed by atoms with E-state index in [1.54, 1.807) is 0 Å². The first kappa shape index (κ1) is 20.8. The Morgan fingerprint density at radius 3 is 2.04 bits per heavy atom. The average Bonchev–Trinajstić information content (AvgIpc) is 2.52. The van der Waals surface area contributed by atoms with E-state index in [2.05, 4.69) is 46.9 Å². The van der Waals surface area contributed by atoms with Crippen LogP contribution in [-0.4, -0.2) is 30.3 Å². The van der Waals surface area contributed by atoms with Crippen LogP contribution in [0.5, 0.6) is 5.75 Å². The molecule has 4 nitrogen and oxygen atoms in total. The molecule has 1 saturated heterocycles. The van der Waals surface area contributed by atoms with Crippen molar-refractivity contribution in [1.29, 1.82) is 0 Å². The molecule has 1 fully saturated rings. The quantitative estimate of drug-likeness (QED) is 0.789. The third-order valence-corrected chi connectivity index (χ3v) is 4.99. The Hall–Kier alpha value is -1.55. The number of esters is 1. The molecule has 0 radical (unpaired) electrons. The zero-order valence-corrected chi connectivity index (χ0v) is 17.2. The normalized spacial score (nSPS) is 16.5. The molecule has 0 unspecified atom stereocenters. The summed E-state index contributed by atoms with van der Waals surface area (Å²) in [5.74, 6) is 0.255. The number of aryl methyl sites for hydroxylation is 1. The summed E-state index contributed by atoms with van der Waals surface area (Å²) in [5, 5.41) is 14.1. The number of benzene rings is 1. The summed E-state index contributed by atoms with van der Waals surface area (Å²) in [6.07, 6.45) is 2.86. The fourth-order valence-electron chi connectivity index (χ4n) is 3.39. The molecule has 1 aromatic carbocycles. The summed E-state index contributed by atoms with van der Waals surface area (Å²) >= 11 is 0. The van der Waals surface area contributed by atoms with E-state index in [1.807, 2.05) is 12.1 Å². The molecule has 0 amide bonds. The largest absolute Gasteiger partial charge is 0.507 e. The molecular formula is C22H35NO3. The zero-order chi connectivity index (χ0) is 19.5. The molecule has 0 atom stereocenters. The summed E-state index contributed by atoms with van der Waals surface area (Å²) in [4.78, 5) is 12.2. The first-order valence-corrected chi connectivity index (χ1v) is 9.75. The van der Waals surface area contributed by atoms with Gasteiger partial charge in [0.15, 0.2) is 0 Å². The van der Waals surface area contributed by atoms with E-state index >= 15 is 0 Å². The molecule has 2 N–H and O–H groups in total. The monoisotopic (exact) mass is 361 g/mol. The fraction of sp³-hybridized carbons (Fsp3) is 0.682. The number of rotatable bonds is 4. The number of piperidine rings is 1. The maximum Gasteiger partial charge on any atom is 0.306 e. The molecule has 0 aliphatic carbocycles. The molecule has 4 heteroatoms. The number of nitrogens with one attached hydrogen (secondary N) is 1. The van der Waals surface area contributed by atoms with Crippen molar-refractivity contribution in [3.05, 3.63) is 28.8 Å². The molecule has 146 valence electrons. The molecule has 0 saturated carbocycles. The van der Waals surface area contributed by atoms with E-state index in [-0.39, 0.29) is 22.9 Å². The van der Waals surface area contributed by atoms with Crippen molar-refractivity contribution in [1.82, 2.24) is 5.32 Å². The number of phenols is 1. The van der Waals surface area contributed by atoms with Gasteiger partial charge >= 0.3 is 5.97 Å². The minimum Gasteiger partial charge on any atom is -0.507 e. The van der Waals surface area contributed by atoms with Crippen LogP contribution in [0.1, 0.15) is 77.5 Å². The van der Waals surface area contributed by atoms with Gasteiger partial charge in [0, 0.05) is 6.42 Å². The Balaban J connectivity index is 2.14. The predicted octanol–water partition coefficient (Wildman–Crippen LogP) is 4.22. The summed E-state index contributed by atoms with van der Waals surface area (Å²) in [6, 6.07) is 4.09. The standard InChI is InChI=1S/C22H35NO3/c1-21(2,3)17-13-15(14-18(20(17)25)22(4,5)6)7-8-19(24)26-16-9-11-23-12-10-16/h13-14,16,23,25H,7-12H2,1-6H3. The van der Waals surface area contributed by atoms with Crippen molar-refractivity contribution in [3.8, 4) is 5.75 Å². The number of hydrogen-bond donors (Lipinski definition) is 2. The van der Waals surface area contributed by atoms with Crippen LogP contribution in [-0.2, 0) is 26.8 Å². The fourth-order valence-corrected chi connectivity index (χ4v) is 3.39. The van der Waals surface area contributed by atoms with Gasteiger partial charge in [-0.2, -0.15) is 0 Å². The smallest absolute Gasteiger partial charge is 0.306 e. The highest BCUT2D eigenvalue weighted by Gasteiger charge is 2.26. The lowest BCUT2D eigenvalue weighted by Gasteiger charge is -2.28. The van der Waals surface area contributed by atoms with E-state index in [0.717, 1.165) is 42.6 Å². The third kappa shape index (κ3) is 5.47. The van der Waals surface area contributed by atoms with Gasteiger partial charge in [0.1, 0.15) is 11.9 Å². The van der Waals surface area contributed by atoms with Gasteiger partial charge in [-0.25, -0.2) is 0 Å². The number of ether oxygens (including phenoxy) is 1. The Kier molecular flexibility index (Phi) is 6.38. The van der Waals surface area contributed by atoms with Crippen LogP contribution in [0.25, 0.3) is 0 Å². The lowest BCUT2D eigenvalue weighted by molar-refractivity contribution is -0.150. The molecule has 0 aromatic heterocycles. The maximum atomic E-state index is 12.2. The van der Waals surface area contributed by atoms with Crippen molar-refractivity contribution in [3.63, 3.8) is 0 Å². The molecule has 0 spiro atoms. The summed E-state index contributed by atoms with van der Waals surface area (Å²) in [5.41, 5.74) is 2.64. The van der Waals surface area contributed by atoms with Crippen molar-refractivity contribution >= 4 is 5.97 Å². The molecule has 2 rings (SSSR count). The van der Waals surface area contributed by atoms with Crippen LogP contribution in [0.15, 0.2) is 12.1 Å². The van der Waals surface area contributed by atoms with Crippen molar-refractivity contribution in [2.45, 2.75) is 84.2 Å². The van der Waals surface area contributed by atoms with Gasteiger partial charge in [-0.05, 0) is 59.9 Å². The van der Waals surface area contributed by atoms with Crippen LogP contribution >= 0.6 is 0 Å². The lowest BCUT2D eigenvalue weighted by atomic mass is 9.78. The molecule has 1 aliphatic rings. The van der Waals surface area contributed by atoms with Gasteiger partial charge < -0.3 is 15.2 Å². The van der Waals surface area contributed by atoms with E-state index in [0.29, 0.717) is 18.6 Å². The topological polar surface area (TPSA) is 58.6 Å². The van der Waals surface area contributed by atoms with Crippen LogP contribution in [0, 0.1) is 0 Å². The second-order valence-electron chi connectivity index (χ2n) is 9.48. The van der Waals surface area contributed by atoms with Gasteiger partial charge in [-0.3, -0.25) is 4.79 Å². The summed E-state index contributed by atoms with van der Waals surface area (Å²) < 4.78 is 5.60. The second kappa shape index (κ2) is 7.99. The Morgan fingerprint density at radius 1 is 1.08 bits per heavy atom. The maximum absolute atomic E-state index is 12.2. The highest BCUT2D eigenvalue weighted by molar-refractivity contribution is 5.70. The van der Waals surface area contributed by atoms with Crippen molar-refractivity contribution < 1.29 is 14.6 Å². The molecular weight excluding hydrogens is 326 g/mol. The van der Waals surface area contributed by atoms with Crippen LogP contribution in [0.4, 0.5) is 0 Å². The number of carbonyl (C=O) groups excluding carboxylic acids is 1. The van der Waals surface area contributed by atoms with E-state index in [9.17, 15) is 9.90 Å². The first-order chi connectivity index (χ1) is 12.0. The molecule has 1 aliphatic heterocycles. The second-order valence-corrected chi connectivity index (χ2v) is 9.48. The highest BCUT2D eigenvalue weighted by atomic mass is 16.5. The molecule has 1 heterocycles. The first-order valence-electron chi connectivity index (χ1n) is 9.75. The van der Waals surface area contributed by atoms with E-state index in [1.165, 1.54) is 0 Å². The average molecular weight is 362 g/mol. The van der Waals surface area contributed by atoms with E-state index < -0.39 is 0 Å². The minimum atomic E-state index is -0.157. The van der Waals surface area contributed by atoms with Crippen LogP contribution in [0.2, 0.25) is 0 Å².